The van der Waals surface area contributed by atoms with Gasteiger partial charge in [0.25, 0.3) is 5.91 Å². The molecule has 0 atom stereocenters. The van der Waals surface area contributed by atoms with Gasteiger partial charge in [-0.1, -0.05) is 47.5 Å². The minimum absolute atomic E-state index is 0.248. The molecule has 1 N–H and O–H groups in total. The van der Waals surface area contributed by atoms with Crippen LogP contribution in [0.5, 0.6) is 5.75 Å². The van der Waals surface area contributed by atoms with Crippen molar-refractivity contribution in [3.63, 3.8) is 0 Å². The van der Waals surface area contributed by atoms with Gasteiger partial charge in [0.05, 0.1) is 27.8 Å². The molecule has 0 bridgehead atoms. The van der Waals surface area contributed by atoms with E-state index in [9.17, 15) is 4.79 Å². The van der Waals surface area contributed by atoms with Crippen molar-refractivity contribution >= 4 is 40.4 Å². The summed E-state index contributed by atoms with van der Waals surface area (Å²) in [4.78, 5) is 21.2. The summed E-state index contributed by atoms with van der Waals surface area (Å²) in [6.45, 7) is 0.673. The average Bonchev–Trinajstić information content (AvgIpc) is 3.29. The zero-order valence-electron chi connectivity index (χ0n) is 16.2. The Kier molecular flexibility index (Phi) is 6.82. The highest BCUT2D eigenvalue weighted by Gasteiger charge is 2.15. The quantitative estimate of drug-likeness (QED) is 0.359. The van der Waals surface area contributed by atoms with E-state index < -0.39 is 0 Å². The van der Waals surface area contributed by atoms with Gasteiger partial charge in [-0.05, 0) is 42.0 Å². The molecule has 1 amide bonds. The van der Waals surface area contributed by atoms with E-state index in [0.717, 1.165) is 16.8 Å². The molecule has 0 spiro atoms. The summed E-state index contributed by atoms with van der Waals surface area (Å²) in [5, 5.41) is 6.26. The molecule has 0 aliphatic heterocycles. The molecular formula is C23H17Cl2N3O2S. The number of nitrogens with one attached hydrogen (secondary N) is 1. The van der Waals surface area contributed by atoms with Crippen molar-refractivity contribution in [3.8, 4) is 16.3 Å². The molecular weight excluding hydrogens is 453 g/mol. The number of hydrogen-bond donors (Lipinski definition) is 1. The zero-order valence-corrected chi connectivity index (χ0v) is 18.5. The van der Waals surface area contributed by atoms with Gasteiger partial charge in [0.2, 0.25) is 0 Å². The predicted octanol–water partition coefficient (Wildman–Crippen LogP) is 6.02. The number of ether oxygens (including phenoxy) is 1. The number of aromatic nitrogens is 2. The van der Waals surface area contributed by atoms with E-state index in [2.05, 4.69) is 15.3 Å². The molecule has 0 aliphatic rings. The second kappa shape index (κ2) is 9.92. The number of benzene rings is 2. The minimum Gasteiger partial charge on any atom is -0.488 e. The molecule has 4 rings (SSSR count). The van der Waals surface area contributed by atoms with Gasteiger partial charge < -0.3 is 10.1 Å². The Bertz CT molecular complexity index is 1200. The second-order valence-corrected chi connectivity index (χ2v) is 8.25. The number of carbonyl (C=O) groups excluding carboxylic acids is 1. The Morgan fingerprint density at radius 2 is 1.87 bits per heavy atom. The van der Waals surface area contributed by atoms with Crippen molar-refractivity contribution in [3.05, 3.63) is 99.2 Å². The highest BCUT2D eigenvalue weighted by atomic mass is 35.5. The first-order chi connectivity index (χ1) is 15.1. The minimum atomic E-state index is -0.248. The lowest BCUT2D eigenvalue weighted by atomic mass is 10.2. The summed E-state index contributed by atoms with van der Waals surface area (Å²) in [5.41, 5.74) is 2.86. The molecule has 5 nitrogen and oxygen atoms in total. The van der Waals surface area contributed by atoms with E-state index in [1.165, 1.54) is 11.3 Å². The van der Waals surface area contributed by atoms with Gasteiger partial charge in [-0.25, -0.2) is 4.98 Å². The van der Waals surface area contributed by atoms with Gasteiger partial charge in [-0.2, -0.15) is 0 Å². The highest BCUT2D eigenvalue weighted by Crippen LogP contribution is 2.33. The maximum absolute atomic E-state index is 12.5. The molecule has 2 aromatic carbocycles. The van der Waals surface area contributed by atoms with Crippen LogP contribution in [0.15, 0.2) is 72.2 Å². The molecule has 8 heteroatoms. The topological polar surface area (TPSA) is 64.1 Å². The molecule has 0 unspecified atom stereocenters. The number of pyridine rings is 1. The summed E-state index contributed by atoms with van der Waals surface area (Å²) in [6, 6.07) is 18.5. The summed E-state index contributed by atoms with van der Waals surface area (Å²) in [5.74, 6) is 0.422. The Balaban J connectivity index is 1.46. The van der Waals surface area contributed by atoms with E-state index in [1.807, 2.05) is 48.5 Å². The third-order valence-corrected chi connectivity index (χ3v) is 6.00. The fourth-order valence-corrected chi connectivity index (χ4v) is 3.98. The van der Waals surface area contributed by atoms with Crippen molar-refractivity contribution in [2.45, 2.75) is 13.2 Å². The molecule has 0 saturated heterocycles. The summed E-state index contributed by atoms with van der Waals surface area (Å²) in [7, 11) is 0. The molecule has 31 heavy (non-hydrogen) atoms. The largest absolute Gasteiger partial charge is 0.488 e. The zero-order chi connectivity index (χ0) is 21.6. The number of amides is 1. The van der Waals surface area contributed by atoms with Crippen molar-refractivity contribution in [1.29, 1.82) is 0 Å². The Morgan fingerprint density at radius 1 is 1.03 bits per heavy atom. The van der Waals surface area contributed by atoms with Crippen molar-refractivity contribution in [2.24, 2.45) is 0 Å². The average molecular weight is 470 g/mol. The van der Waals surface area contributed by atoms with Crippen LogP contribution in [0.25, 0.3) is 10.6 Å². The molecule has 0 saturated carbocycles. The van der Waals surface area contributed by atoms with Crippen LogP contribution < -0.4 is 10.1 Å². The van der Waals surface area contributed by atoms with Crippen LogP contribution in [0.1, 0.15) is 21.7 Å². The first kappa shape index (κ1) is 21.3. The van der Waals surface area contributed by atoms with E-state index in [1.54, 1.807) is 23.7 Å². The Hall–Kier alpha value is -2.93. The number of rotatable bonds is 7. The van der Waals surface area contributed by atoms with Crippen molar-refractivity contribution in [2.75, 3.05) is 0 Å². The number of carbonyl (C=O) groups is 1. The lowest BCUT2D eigenvalue weighted by Crippen LogP contribution is -2.23. The molecule has 0 radical (unpaired) electrons. The van der Waals surface area contributed by atoms with Gasteiger partial charge in [-0.3, -0.25) is 9.78 Å². The standard InChI is InChI=1S/C23H17Cl2N3O2S/c24-18-9-8-15(11-19(18)25)13-30-21-7-2-1-6-17(21)23-28-20(14-31-23)22(29)27-12-16-5-3-4-10-26-16/h1-11,14H,12-13H2,(H,27,29). The molecule has 2 aromatic heterocycles. The Labute approximate surface area is 193 Å². The van der Waals surface area contributed by atoms with Gasteiger partial charge >= 0.3 is 0 Å². The third kappa shape index (κ3) is 5.41. The van der Waals surface area contributed by atoms with Gasteiger partial charge in [-0.15, -0.1) is 11.3 Å². The summed E-state index contributed by atoms with van der Waals surface area (Å²) >= 11 is 13.4. The normalized spacial score (nSPS) is 10.6. The summed E-state index contributed by atoms with van der Waals surface area (Å²) in [6.07, 6.45) is 1.69. The fraction of sp³-hybridized carbons (Fsp3) is 0.0870. The van der Waals surface area contributed by atoms with Crippen LogP contribution in [0.4, 0.5) is 0 Å². The Morgan fingerprint density at radius 3 is 2.68 bits per heavy atom. The van der Waals surface area contributed by atoms with E-state index >= 15 is 0 Å². The van der Waals surface area contributed by atoms with Gasteiger partial charge in [0.15, 0.2) is 0 Å². The number of nitrogens with zero attached hydrogens (tertiary/aromatic N) is 2. The predicted molar refractivity (Wildman–Crippen MR) is 124 cm³/mol. The van der Waals surface area contributed by atoms with Crippen molar-refractivity contribution in [1.82, 2.24) is 15.3 Å². The molecule has 0 fully saturated rings. The van der Waals surface area contributed by atoms with Gasteiger partial charge in [0, 0.05) is 11.6 Å². The van der Waals surface area contributed by atoms with Crippen LogP contribution in [0.3, 0.4) is 0 Å². The maximum atomic E-state index is 12.5. The molecule has 4 aromatic rings. The molecule has 156 valence electrons. The van der Waals surface area contributed by atoms with Crippen LogP contribution in [0.2, 0.25) is 10.0 Å². The van der Waals surface area contributed by atoms with E-state index in [4.69, 9.17) is 27.9 Å². The van der Waals surface area contributed by atoms with Crippen LogP contribution >= 0.6 is 34.5 Å². The number of hydrogen-bond acceptors (Lipinski definition) is 5. The smallest absolute Gasteiger partial charge is 0.271 e. The monoisotopic (exact) mass is 469 g/mol. The number of para-hydroxylation sites is 1. The van der Waals surface area contributed by atoms with E-state index in [-0.39, 0.29) is 5.91 Å². The number of halogens is 2. The van der Waals surface area contributed by atoms with Crippen LogP contribution in [-0.4, -0.2) is 15.9 Å². The van der Waals surface area contributed by atoms with Crippen molar-refractivity contribution < 1.29 is 9.53 Å². The summed E-state index contributed by atoms with van der Waals surface area (Å²) < 4.78 is 6.00. The maximum Gasteiger partial charge on any atom is 0.271 e. The second-order valence-electron chi connectivity index (χ2n) is 6.57. The SMILES string of the molecule is O=C(NCc1ccccn1)c1csc(-c2ccccc2OCc2ccc(Cl)c(Cl)c2)n1. The molecule has 0 aliphatic carbocycles. The first-order valence-electron chi connectivity index (χ1n) is 9.40. The lowest BCUT2D eigenvalue weighted by Gasteiger charge is -2.10. The van der Waals surface area contributed by atoms with Gasteiger partial charge in [0.1, 0.15) is 23.1 Å². The highest BCUT2D eigenvalue weighted by molar-refractivity contribution is 7.13. The number of thiazole rings is 1. The van der Waals surface area contributed by atoms with Crippen LogP contribution in [-0.2, 0) is 13.2 Å². The third-order valence-electron chi connectivity index (χ3n) is 4.39. The van der Waals surface area contributed by atoms with E-state index in [0.29, 0.717) is 39.6 Å². The lowest BCUT2D eigenvalue weighted by molar-refractivity contribution is 0.0946. The molecule has 2 heterocycles. The fourth-order valence-electron chi connectivity index (χ4n) is 2.83. The first-order valence-corrected chi connectivity index (χ1v) is 11.0. The van der Waals surface area contributed by atoms with Crippen LogP contribution in [0, 0.1) is 0 Å².